The summed E-state index contributed by atoms with van der Waals surface area (Å²) >= 11 is 1.88. The first-order valence-corrected chi connectivity index (χ1v) is 4.45. The minimum Gasteiger partial charge on any atom is -0.298 e. The van der Waals surface area contributed by atoms with Crippen molar-refractivity contribution in [3.63, 3.8) is 0 Å². The Labute approximate surface area is 88.5 Å². The van der Waals surface area contributed by atoms with Gasteiger partial charge in [-0.1, -0.05) is 0 Å². The van der Waals surface area contributed by atoms with Gasteiger partial charge < -0.3 is 0 Å². The molecule has 0 heterocycles. The van der Waals surface area contributed by atoms with Crippen LogP contribution in [0.5, 0.6) is 0 Å². The van der Waals surface area contributed by atoms with Crippen molar-refractivity contribution in [3.05, 3.63) is 32.4 Å². The summed E-state index contributed by atoms with van der Waals surface area (Å²) in [5.41, 5.74) is 1.01. The van der Waals surface area contributed by atoms with E-state index >= 15 is 0 Å². The lowest BCUT2D eigenvalue weighted by Gasteiger charge is -2.01. The lowest BCUT2D eigenvalue weighted by atomic mass is 10.1. The molecular weight excluding hydrogens is 281 g/mol. The van der Waals surface area contributed by atoms with Crippen LogP contribution in [0.3, 0.4) is 0 Å². The predicted molar refractivity (Wildman–Crippen MR) is 54.6 cm³/mol. The SMILES string of the molecule is N#Cc1ccc(C=O)c(I)c1C=O. The van der Waals surface area contributed by atoms with Crippen molar-refractivity contribution in [3.8, 4) is 6.07 Å². The fourth-order valence-corrected chi connectivity index (χ4v) is 1.64. The topological polar surface area (TPSA) is 57.9 Å². The lowest BCUT2D eigenvalue weighted by molar-refractivity contribution is 0.112. The average molecular weight is 285 g/mol. The zero-order valence-corrected chi connectivity index (χ0v) is 8.61. The molecule has 0 aliphatic carbocycles. The predicted octanol–water partition coefficient (Wildman–Crippen LogP) is 1.79. The van der Waals surface area contributed by atoms with Crippen LogP contribution in [0.4, 0.5) is 0 Å². The van der Waals surface area contributed by atoms with Crippen LogP contribution in [-0.2, 0) is 0 Å². The molecule has 64 valence electrons. The Morgan fingerprint density at radius 2 is 2.00 bits per heavy atom. The number of rotatable bonds is 2. The summed E-state index contributed by atoms with van der Waals surface area (Å²) in [5, 5.41) is 8.64. The van der Waals surface area contributed by atoms with Crippen LogP contribution in [0.1, 0.15) is 26.3 Å². The normalized spacial score (nSPS) is 8.92. The first kappa shape index (κ1) is 9.86. The van der Waals surface area contributed by atoms with Crippen LogP contribution < -0.4 is 0 Å². The van der Waals surface area contributed by atoms with E-state index in [-0.39, 0.29) is 5.56 Å². The number of halogens is 1. The monoisotopic (exact) mass is 285 g/mol. The molecule has 0 unspecified atom stereocenters. The molecule has 13 heavy (non-hydrogen) atoms. The molecule has 0 bridgehead atoms. The number of carbonyl (C=O) groups is 2. The van der Waals surface area contributed by atoms with Crippen LogP contribution in [0.15, 0.2) is 12.1 Å². The molecule has 0 N–H and O–H groups in total. The number of benzene rings is 1. The highest BCUT2D eigenvalue weighted by molar-refractivity contribution is 14.1. The summed E-state index contributed by atoms with van der Waals surface area (Å²) in [6.07, 6.45) is 1.25. The van der Waals surface area contributed by atoms with E-state index in [1.807, 2.05) is 28.7 Å². The maximum absolute atomic E-state index is 10.6. The molecule has 0 spiro atoms. The maximum atomic E-state index is 10.6. The van der Waals surface area contributed by atoms with Gasteiger partial charge in [0, 0.05) is 14.7 Å². The highest BCUT2D eigenvalue weighted by Crippen LogP contribution is 2.18. The molecule has 0 aliphatic heterocycles. The van der Waals surface area contributed by atoms with Crippen LogP contribution in [-0.4, -0.2) is 12.6 Å². The zero-order valence-electron chi connectivity index (χ0n) is 6.45. The number of nitriles is 1. The van der Waals surface area contributed by atoms with E-state index in [1.54, 1.807) is 0 Å². The van der Waals surface area contributed by atoms with Crippen LogP contribution in [0.25, 0.3) is 0 Å². The third-order valence-electron chi connectivity index (χ3n) is 1.57. The van der Waals surface area contributed by atoms with Crippen molar-refractivity contribution in [1.29, 1.82) is 5.26 Å². The fraction of sp³-hybridized carbons (Fsp3) is 0. The minimum atomic E-state index is 0.285. The van der Waals surface area contributed by atoms with Crippen molar-refractivity contribution in [1.82, 2.24) is 0 Å². The van der Waals surface area contributed by atoms with Crippen LogP contribution >= 0.6 is 22.6 Å². The van der Waals surface area contributed by atoms with E-state index in [4.69, 9.17) is 5.26 Å². The van der Waals surface area contributed by atoms with Crippen LogP contribution in [0.2, 0.25) is 0 Å². The van der Waals surface area contributed by atoms with E-state index in [2.05, 4.69) is 0 Å². The van der Waals surface area contributed by atoms with Gasteiger partial charge in [-0.25, -0.2) is 0 Å². The molecule has 0 fully saturated rings. The third kappa shape index (κ3) is 1.75. The minimum absolute atomic E-state index is 0.285. The van der Waals surface area contributed by atoms with Gasteiger partial charge in [-0.2, -0.15) is 5.26 Å². The van der Waals surface area contributed by atoms with Gasteiger partial charge in [0.15, 0.2) is 12.6 Å². The van der Waals surface area contributed by atoms with Crippen molar-refractivity contribution in [2.45, 2.75) is 0 Å². The standard InChI is InChI=1S/C9H4INO2/c10-9-7(4-12)2-1-6(3-11)8(9)5-13/h1-2,4-5H. The second kappa shape index (κ2) is 4.14. The quantitative estimate of drug-likeness (QED) is 0.615. The summed E-state index contributed by atoms with van der Waals surface area (Å²) in [4.78, 5) is 21.1. The smallest absolute Gasteiger partial charge is 0.152 e. The molecule has 0 saturated heterocycles. The van der Waals surface area contributed by atoms with E-state index in [1.165, 1.54) is 12.1 Å². The molecule has 0 saturated carbocycles. The van der Waals surface area contributed by atoms with E-state index in [0.29, 0.717) is 27.3 Å². The van der Waals surface area contributed by atoms with Gasteiger partial charge in [-0.15, -0.1) is 0 Å². The van der Waals surface area contributed by atoms with Crippen molar-refractivity contribution >= 4 is 35.2 Å². The Morgan fingerprint density at radius 3 is 2.46 bits per heavy atom. The first-order chi connectivity index (χ1) is 6.24. The van der Waals surface area contributed by atoms with E-state index < -0.39 is 0 Å². The van der Waals surface area contributed by atoms with Gasteiger partial charge in [-0.3, -0.25) is 9.59 Å². The summed E-state index contributed by atoms with van der Waals surface area (Å²) in [6.45, 7) is 0. The molecule has 0 aromatic heterocycles. The van der Waals surface area contributed by atoms with Gasteiger partial charge in [0.25, 0.3) is 0 Å². The zero-order chi connectivity index (χ0) is 9.84. The van der Waals surface area contributed by atoms with E-state index in [9.17, 15) is 9.59 Å². The first-order valence-electron chi connectivity index (χ1n) is 3.37. The van der Waals surface area contributed by atoms with Crippen molar-refractivity contribution in [2.24, 2.45) is 0 Å². The number of hydrogen-bond acceptors (Lipinski definition) is 3. The number of hydrogen-bond donors (Lipinski definition) is 0. The highest BCUT2D eigenvalue weighted by Gasteiger charge is 2.09. The summed E-state index contributed by atoms with van der Waals surface area (Å²) < 4.78 is 0.529. The van der Waals surface area contributed by atoms with Gasteiger partial charge in [0.1, 0.15) is 0 Å². The van der Waals surface area contributed by atoms with Gasteiger partial charge >= 0.3 is 0 Å². The van der Waals surface area contributed by atoms with Crippen LogP contribution in [0, 0.1) is 14.9 Å². The summed E-state index contributed by atoms with van der Waals surface area (Å²) in [5.74, 6) is 0. The Bertz CT molecular complexity index is 407. The second-order valence-electron chi connectivity index (χ2n) is 2.28. The Morgan fingerprint density at radius 1 is 1.31 bits per heavy atom. The molecular formula is C9H4INO2. The molecule has 0 atom stereocenters. The molecule has 1 aromatic rings. The highest BCUT2D eigenvalue weighted by atomic mass is 127. The number of aldehydes is 2. The third-order valence-corrected chi connectivity index (χ3v) is 2.78. The molecule has 1 aromatic carbocycles. The van der Waals surface area contributed by atoms with Gasteiger partial charge in [-0.05, 0) is 34.7 Å². The molecule has 3 nitrogen and oxygen atoms in total. The van der Waals surface area contributed by atoms with Gasteiger partial charge in [0.05, 0.1) is 11.6 Å². The molecule has 4 heteroatoms. The average Bonchev–Trinajstić information content (AvgIpc) is 2.17. The Hall–Kier alpha value is -1.22. The van der Waals surface area contributed by atoms with Crippen molar-refractivity contribution in [2.75, 3.05) is 0 Å². The molecule has 0 radical (unpaired) electrons. The lowest BCUT2D eigenvalue weighted by Crippen LogP contribution is -1.96. The maximum Gasteiger partial charge on any atom is 0.152 e. The Balaban J connectivity index is 3.51. The number of nitrogens with zero attached hydrogens (tertiary/aromatic N) is 1. The molecule has 0 amide bonds. The van der Waals surface area contributed by atoms with Crippen molar-refractivity contribution < 1.29 is 9.59 Å². The fourth-order valence-electron chi connectivity index (χ4n) is 0.914. The molecule has 1 rings (SSSR count). The largest absolute Gasteiger partial charge is 0.298 e. The van der Waals surface area contributed by atoms with E-state index in [0.717, 1.165) is 0 Å². The second-order valence-corrected chi connectivity index (χ2v) is 3.36. The molecule has 0 aliphatic rings. The summed E-state index contributed by atoms with van der Waals surface area (Å²) in [6, 6.07) is 4.88. The number of carbonyl (C=O) groups excluding carboxylic acids is 2. The Kier molecular flexibility index (Phi) is 3.14. The van der Waals surface area contributed by atoms with Gasteiger partial charge in [0.2, 0.25) is 0 Å². The summed E-state index contributed by atoms with van der Waals surface area (Å²) in [7, 11) is 0.